The van der Waals surface area contributed by atoms with Gasteiger partial charge in [0, 0.05) is 19.2 Å². The number of nitrogens with two attached hydrogens (primary N) is 1. The first-order valence-electron chi connectivity index (χ1n) is 3.88. The predicted molar refractivity (Wildman–Crippen MR) is 47.8 cm³/mol. The molecule has 1 rings (SSSR count). The van der Waals surface area contributed by atoms with Gasteiger partial charge in [0.1, 0.15) is 0 Å². The van der Waals surface area contributed by atoms with Gasteiger partial charge < -0.3 is 15.5 Å². The van der Waals surface area contributed by atoms with Gasteiger partial charge in [-0.2, -0.15) is 0 Å². The highest BCUT2D eigenvalue weighted by atomic mass is 16.5. The second-order valence-electron chi connectivity index (χ2n) is 3.43. The van der Waals surface area contributed by atoms with Crippen LogP contribution in [0.2, 0.25) is 0 Å². The van der Waals surface area contributed by atoms with Crippen molar-refractivity contribution in [3.63, 3.8) is 0 Å². The maximum Gasteiger partial charge on any atom is 0.197 e. The standard InChI is InChI=1S/C8H15N3O/c1-8(2,12-3)4-6-5-10-7(9)11-6/h5H,4H2,1-3H3,(H3,9,10,11). The summed E-state index contributed by atoms with van der Waals surface area (Å²) in [6, 6.07) is 0. The number of anilines is 1. The molecule has 4 nitrogen and oxygen atoms in total. The van der Waals surface area contributed by atoms with Gasteiger partial charge in [0.25, 0.3) is 0 Å². The van der Waals surface area contributed by atoms with Crippen molar-refractivity contribution in [2.45, 2.75) is 25.9 Å². The average molecular weight is 169 g/mol. The Morgan fingerprint density at radius 1 is 1.67 bits per heavy atom. The highest BCUT2D eigenvalue weighted by Crippen LogP contribution is 2.14. The molecule has 4 heteroatoms. The highest BCUT2D eigenvalue weighted by molar-refractivity contribution is 5.19. The first-order valence-corrected chi connectivity index (χ1v) is 3.88. The number of ether oxygens (including phenoxy) is 1. The maximum atomic E-state index is 5.43. The Hall–Kier alpha value is -1.03. The molecule has 68 valence electrons. The molecule has 1 aromatic rings. The molecular weight excluding hydrogens is 154 g/mol. The van der Waals surface area contributed by atoms with Crippen molar-refractivity contribution in [3.8, 4) is 0 Å². The van der Waals surface area contributed by atoms with E-state index in [1.807, 2.05) is 13.8 Å². The van der Waals surface area contributed by atoms with Crippen LogP contribution >= 0.6 is 0 Å². The molecule has 0 aliphatic carbocycles. The van der Waals surface area contributed by atoms with Gasteiger partial charge in [-0.25, -0.2) is 4.98 Å². The fourth-order valence-electron chi connectivity index (χ4n) is 0.997. The van der Waals surface area contributed by atoms with E-state index in [-0.39, 0.29) is 5.60 Å². The quantitative estimate of drug-likeness (QED) is 0.708. The first-order chi connectivity index (χ1) is 5.53. The van der Waals surface area contributed by atoms with Gasteiger partial charge in [-0.3, -0.25) is 0 Å². The summed E-state index contributed by atoms with van der Waals surface area (Å²) in [7, 11) is 1.69. The number of H-pyrrole nitrogens is 1. The highest BCUT2D eigenvalue weighted by Gasteiger charge is 2.17. The Balaban J connectivity index is 2.63. The summed E-state index contributed by atoms with van der Waals surface area (Å²) in [5, 5.41) is 0. The number of nitrogens with one attached hydrogen (secondary N) is 1. The molecule has 0 saturated carbocycles. The van der Waals surface area contributed by atoms with Gasteiger partial charge in [0.2, 0.25) is 0 Å². The largest absolute Gasteiger partial charge is 0.378 e. The lowest BCUT2D eigenvalue weighted by molar-refractivity contribution is 0.0225. The molecule has 0 aliphatic rings. The smallest absolute Gasteiger partial charge is 0.197 e. The fourth-order valence-corrected chi connectivity index (χ4v) is 0.997. The SMILES string of the molecule is COC(C)(C)Cc1cnc(N)[nH]1. The molecule has 0 radical (unpaired) electrons. The maximum absolute atomic E-state index is 5.43. The third-order valence-corrected chi connectivity index (χ3v) is 1.82. The zero-order valence-electron chi connectivity index (χ0n) is 7.72. The number of nitrogen functional groups attached to an aromatic ring is 1. The Kier molecular flexibility index (Phi) is 2.38. The molecule has 3 N–H and O–H groups in total. The summed E-state index contributed by atoms with van der Waals surface area (Å²) in [5.41, 5.74) is 6.26. The van der Waals surface area contributed by atoms with Gasteiger partial charge in [-0.05, 0) is 13.8 Å². The fraction of sp³-hybridized carbons (Fsp3) is 0.625. The third kappa shape index (κ3) is 2.23. The van der Waals surface area contributed by atoms with Crippen LogP contribution in [-0.4, -0.2) is 22.7 Å². The van der Waals surface area contributed by atoms with Gasteiger partial charge in [0.15, 0.2) is 5.95 Å². The molecule has 0 bridgehead atoms. The minimum absolute atomic E-state index is 0.168. The number of methoxy groups -OCH3 is 1. The second kappa shape index (κ2) is 3.15. The van der Waals surface area contributed by atoms with E-state index in [1.165, 1.54) is 0 Å². The van der Waals surface area contributed by atoms with E-state index in [4.69, 9.17) is 10.5 Å². The molecular formula is C8H15N3O. The lowest BCUT2D eigenvalue weighted by atomic mass is 10.0. The molecule has 1 heterocycles. The lowest BCUT2D eigenvalue weighted by Gasteiger charge is -2.21. The Morgan fingerprint density at radius 2 is 2.33 bits per heavy atom. The van der Waals surface area contributed by atoms with Crippen molar-refractivity contribution in [2.24, 2.45) is 0 Å². The van der Waals surface area contributed by atoms with Crippen LogP contribution in [-0.2, 0) is 11.2 Å². The predicted octanol–water partition coefficient (Wildman–Crippen LogP) is 0.959. The van der Waals surface area contributed by atoms with E-state index in [0.29, 0.717) is 5.95 Å². The van der Waals surface area contributed by atoms with Crippen molar-refractivity contribution >= 4 is 5.95 Å². The van der Waals surface area contributed by atoms with Crippen molar-refractivity contribution in [1.29, 1.82) is 0 Å². The molecule has 0 saturated heterocycles. The summed E-state index contributed by atoms with van der Waals surface area (Å²) in [5.74, 6) is 0.455. The van der Waals surface area contributed by atoms with Crippen LogP contribution in [0.4, 0.5) is 5.95 Å². The molecule has 0 aromatic carbocycles. The Labute approximate surface area is 72.1 Å². The lowest BCUT2D eigenvalue weighted by Crippen LogP contribution is -2.25. The normalized spacial score (nSPS) is 11.9. The van der Waals surface area contributed by atoms with E-state index < -0.39 is 0 Å². The van der Waals surface area contributed by atoms with Crippen molar-refractivity contribution in [1.82, 2.24) is 9.97 Å². The van der Waals surface area contributed by atoms with Gasteiger partial charge in [-0.15, -0.1) is 0 Å². The minimum Gasteiger partial charge on any atom is -0.378 e. The van der Waals surface area contributed by atoms with Crippen LogP contribution in [0.15, 0.2) is 6.20 Å². The molecule has 12 heavy (non-hydrogen) atoms. The number of rotatable bonds is 3. The molecule has 1 aromatic heterocycles. The van der Waals surface area contributed by atoms with E-state index in [0.717, 1.165) is 12.1 Å². The number of aromatic amines is 1. The summed E-state index contributed by atoms with van der Waals surface area (Å²) in [4.78, 5) is 6.85. The number of hydrogen-bond acceptors (Lipinski definition) is 3. The zero-order valence-corrected chi connectivity index (χ0v) is 7.72. The van der Waals surface area contributed by atoms with Crippen LogP contribution < -0.4 is 5.73 Å². The van der Waals surface area contributed by atoms with Gasteiger partial charge in [-0.1, -0.05) is 0 Å². The van der Waals surface area contributed by atoms with Crippen LogP contribution in [0.1, 0.15) is 19.5 Å². The second-order valence-corrected chi connectivity index (χ2v) is 3.43. The van der Waals surface area contributed by atoms with Gasteiger partial charge in [0.05, 0.1) is 11.8 Å². The Bertz CT molecular complexity index is 255. The molecule has 0 atom stereocenters. The molecule has 0 unspecified atom stereocenters. The molecule has 0 fully saturated rings. The third-order valence-electron chi connectivity index (χ3n) is 1.82. The van der Waals surface area contributed by atoms with Crippen LogP contribution in [0.5, 0.6) is 0 Å². The number of hydrogen-bond donors (Lipinski definition) is 2. The van der Waals surface area contributed by atoms with Crippen molar-refractivity contribution in [3.05, 3.63) is 11.9 Å². The summed E-state index contributed by atoms with van der Waals surface area (Å²) in [6.45, 7) is 4.04. The van der Waals surface area contributed by atoms with Gasteiger partial charge >= 0.3 is 0 Å². The zero-order chi connectivity index (χ0) is 9.19. The molecule has 0 aliphatic heterocycles. The number of imidazole rings is 1. The first kappa shape index (κ1) is 9.06. The number of aromatic nitrogens is 2. The minimum atomic E-state index is -0.168. The van der Waals surface area contributed by atoms with E-state index in [1.54, 1.807) is 13.3 Å². The molecule has 0 amide bonds. The van der Waals surface area contributed by atoms with Crippen molar-refractivity contribution < 1.29 is 4.74 Å². The number of nitrogens with zero attached hydrogens (tertiary/aromatic N) is 1. The van der Waals surface area contributed by atoms with E-state index in [2.05, 4.69) is 9.97 Å². The Morgan fingerprint density at radius 3 is 2.75 bits per heavy atom. The summed E-state index contributed by atoms with van der Waals surface area (Å²) < 4.78 is 5.26. The van der Waals surface area contributed by atoms with Crippen LogP contribution in [0, 0.1) is 0 Å². The summed E-state index contributed by atoms with van der Waals surface area (Å²) >= 11 is 0. The average Bonchev–Trinajstić information content (AvgIpc) is 2.35. The van der Waals surface area contributed by atoms with Crippen LogP contribution in [0.25, 0.3) is 0 Å². The topological polar surface area (TPSA) is 63.9 Å². The van der Waals surface area contributed by atoms with E-state index in [9.17, 15) is 0 Å². The monoisotopic (exact) mass is 169 g/mol. The summed E-state index contributed by atoms with van der Waals surface area (Å²) in [6.07, 6.45) is 2.52. The molecule has 0 spiro atoms. The van der Waals surface area contributed by atoms with Crippen molar-refractivity contribution in [2.75, 3.05) is 12.8 Å². The van der Waals surface area contributed by atoms with Crippen LogP contribution in [0.3, 0.4) is 0 Å². The van der Waals surface area contributed by atoms with E-state index >= 15 is 0 Å².